The molecular weight excluding hydrogens is 254 g/mol. The zero-order chi connectivity index (χ0) is 15.0. The molecule has 0 spiro atoms. The van der Waals surface area contributed by atoms with Crippen LogP contribution in [0.15, 0.2) is 24.3 Å². The van der Waals surface area contributed by atoms with Crippen molar-refractivity contribution in [3.8, 4) is 5.75 Å². The number of anilines is 1. The van der Waals surface area contributed by atoms with Gasteiger partial charge >= 0.3 is 5.97 Å². The van der Waals surface area contributed by atoms with Crippen LogP contribution in [0.3, 0.4) is 0 Å². The van der Waals surface area contributed by atoms with Crippen molar-refractivity contribution in [2.24, 2.45) is 0 Å². The van der Waals surface area contributed by atoms with Gasteiger partial charge in [-0.1, -0.05) is 13.0 Å². The molecule has 0 unspecified atom stereocenters. The maximum atomic E-state index is 10.6. The van der Waals surface area contributed by atoms with Crippen molar-refractivity contribution in [3.63, 3.8) is 0 Å². The van der Waals surface area contributed by atoms with Crippen molar-refractivity contribution in [3.05, 3.63) is 29.8 Å². The molecule has 0 aliphatic heterocycles. The third-order valence-corrected chi connectivity index (χ3v) is 2.97. The molecule has 0 amide bonds. The van der Waals surface area contributed by atoms with Gasteiger partial charge < -0.3 is 14.7 Å². The van der Waals surface area contributed by atoms with E-state index in [-0.39, 0.29) is 0 Å². The predicted octanol–water partition coefficient (Wildman–Crippen LogP) is 3.42. The normalized spacial score (nSPS) is 10.8. The number of carbonyl (C=O) groups is 1. The van der Waals surface area contributed by atoms with Gasteiger partial charge in [0.15, 0.2) is 0 Å². The Bertz CT molecular complexity index is 465. The number of benzene rings is 1. The average Bonchev–Trinajstić information content (AvgIpc) is 2.45. The topological polar surface area (TPSA) is 49.8 Å². The highest BCUT2D eigenvalue weighted by Gasteiger charge is 2.10. The minimum absolute atomic E-state index is 0.679. The highest BCUT2D eigenvalue weighted by atomic mass is 16.5. The number of hydrogen-bond donors (Lipinski definition) is 1. The highest BCUT2D eigenvalue weighted by molar-refractivity contribution is 5.85. The average molecular weight is 277 g/mol. The first-order valence-corrected chi connectivity index (χ1v) is 7.05. The minimum Gasteiger partial charge on any atom is -0.491 e. The summed E-state index contributed by atoms with van der Waals surface area (Å²) in [4.78, 5) is 12.8. The van der Waals surface area contributed by atoms with Crippen LogP contribution in [0.4, 0.5) is 5.69 Å². The molecule has 1 N–H and O–H groups in total. The number of hydrogen-bond acceptors (Lipinski definition) is 3. The lowest BCUT2D eigenvalue weighted by molar-refractivity contribution is -0.131. The summed E-state index contributed by atoms with van der Waals surface area (Å²) in [6.45, 7) is 8.69. The third-order valence-electron chi connectivity index (χ3n) is 2.97. The second-order valence-electron chi connectivity index (χ2n) is 4.42. The molecular formula is C16H23NO3. The van der Waals surface area contributed by atoms with Gasteiger partial charge in [0.05, 0.1) is 12.3 Å². The van der Waals surface area contributed by atoms with E-state index < -0.39 is 5.97 Å². The van der Waals surface area contributed by atoms with Crippen molar-refractivity contribution in [1.29, 1.82) is 0 Å². The molecule has 20 heavy (non-hydrogen) atoms. The molecule has 4 nitrogen and oxygen atoms in total. The van der Waals surface area contributed by atoms with Crippen LogP contribution in [-0.2, 0) is 4.79 Å². The van der Waals surface area contributed by atoms with E-state index in [1.165, 1.54) is 0 Å². The van der Waals surface area contributed by atoms with Crippen LogP contribution in [0.5, 0.6) is 5.75 Å². The van der Waals surface area contributed by atoms with Crippen LogP contribution < -0.4 is 9.64 Å². The van der Waals surface area contributed by atoms with Crippen molar-refractivity contribution in [2.75, 3.05) is 24.6 Å². The van der Waals surface area contributed by atoms with E-state index in [4.69, 9.17) is 9.84 Å². The number of carboxylic acids is 1. The van der Waals surface area contributed by atoms with Crippen molar-refractivity contribution >= 4 is 17.7 Å². The van der Waals surface area contributed by atoms with E-state index in [2.05, 4.69) is 25.7 Å². The molecule has 0 atom stereocenters. The summed E-state index contributed by atoms with van der Waals surface area (Å²) in [7, 11) is 0. The molecule has 0 saturated heterocycles. The maximum absolute atomic E-state index is 10.6. The van der Waals surface area contributed by atoms with Gasteiger partial charge in [0.25, 0.3) is 0 Å². The van der Waals surface area contributed by atoms with Crippen LogP contribution in [0, 0.1) is 0 Å². The van der Waals surface area contributed by atoms with Gasteiger partial charge in [-0.2, -0.15) is 0 Å². The molecule has 0 saturated carbocycles. The molecule has 0 aliphatic carbocycles. The minimum atomic E-state index is -0.944. The molecule has 4 heteroatoms. The number of rotatable bonds is 8. The van der Waals surface area contributed by atoms with Gasteiger partial charge in [-0.05, 0) is 44.0 Å². The zero-order valence-corrected chi connectivity index (χ0v) is 12.4. The Morgan fingerprint density at radius 1 is 1.30 bits per heavy atom. The molecule has 0 aliphatic rings. The standard InChI is InChI=1S/C16H23NO3/c1-4-11-20-15-9-7-13(8-10-16(18)19)12-14(15)17(5-2)6-3/h7-10,12H,4-6,11H2,1-3H3,(H,18,19)/b10-8+. The fraction of sp³-hybridized carbons (Fsp3) is 0.438. The molecule has 1 aromatic carbocycles. The first-order chi connectivity index (χ1) is 9.62. The van der Waals surface area contributed by atoms with Crippen LogP contribution >= 0.6 is 0 Å². The van der Waals surface area contributed by atoms with Gasteiger partial charge in [-0.15, -0.1) is 0 Å². The van der Waals surface area contributed by atoms with Crippen LogP contribution in [0.25, 0.3) is 6.08 Å². The summed E-state index contributed by atoms with van der Waals surface area (Å²) < 4.78 is 5.77. The molecule has 0 aromatic heterocycles. The summed E-state index contributed by atoms with van der Waals surface area (Å²) in [5, 5.41) is 8.69. The lowest BCUT2D eigenvalue weighted by atomic mass is 10.1. The van der Waals surface area contributed by atoms with Gasteiger partial charge in [0.2, 0.25) is 0 Å². The van der Waals surface area contributed by atoms with E-state index in [0.717, 1.165) is 42.6 Å². The van der Waals surface area contributed by atoms with Crippen LogP contribution in [0.1, 0.15) is 32.8 Å². The van der Waals surface area contributed by atoms with Gasteiger partial charge in [-0.3, -0.25) is 0 Å². The van der Waals surface area contributed by atoms with Crippen LogP contribution in [-0.4, -0.2) is 30.8 Å². The smallest absolute Gasteiger partial charge is 0.328 e. The molecule has 110 valence electrons. The molecule has 0 heterocycles. The Kier molecular flexibility index (Phi) is 6.64. The van der Waals surface area contributed by atoms with Gasteiger partial charge in [-0.25, -0.2) is 4.79 Å². The summed E-state index contributed by atoms with van der Waals surface area (Å²) in [5.41, 5.74) is 1.87. The maximum Gasteiger partial charge on any atom is 0.328 e. The Hall–Kier alpha value is -1.97. The number of aliphatic carboxylic acids is 1. The fourth-order valence-corrected chi connectivity index (χ4v) is 1.95. The van der Waals surface area contributed by atoms with Crippen molar-refractivity contribution in [2.45, 2.75) is 27.2 Å². The van der Waals surface area contributed by atoms with E-state index in [1.807, 2.05) is 18.2 Å². The number of ether oxygens (including phenoxy) is 1. The molecule has 0 fully saturated rings. The monoisotopic (exact) mass is 277 g/mol. The van der Waals surface area contributed by atoms with E-state index in [1.54, 1.807) is 6.08 Å². The Morgan fingerprint density at radius 3 is 2.55 bits per heavy atom. The molecule has 0 bridgehead atoms. The fourth-order valence-electron chi connectivity index (χ4n) is 1.95. The van der Waals surface area contributed by atoms with E-state index in [9.17, 15) is 4.79 Å². The summed E-state index contributed by atoms with van der Waals surface area (Å²) in [6, 6.07) is 5.75. The molecule has 1 aromatic rings. The van der Waals surface area contributed by atoms with E-state index in [0.29, 0.717) is 6.61 Å². The zero-order valence-electron chi connectivity index (χ0n) is 12.4. The van der Waals surface area contributed by atoms with E-state index >= 15 is 0 Å². The summed E-state index contributed by atoms with van der Waals surface area (Å²) in [5.74, 6) is -0.0938. The number of nitrogens with zero attached hydrogens (tertiary/aromatic N) is 1. The second-order valence-corrected chi connectivity index (χ2v) is 4.42. The van der Waals surface area contributed by atoms with Gasteiger partial charge in [0, 0.05) is 19.2 Å². The molecule has 0 radical (unpaired) electrons. The lowest BCUT2D eigenvalue weighted by Gasteiger charge is -2.24. The first-order valence-electron chi connectivity index (χ1n) is 7.05. The molecule has 1 rings (SSSR count). The quantitative estimate of drug-likeness (QED) is 0.740. The predicted molar refractivity (Wildman–Crippen MR) is 82.5 cm³/mol. The third kappa shape index (κ3) is 4.61. The second kappa shape index (κ2) is 8.25. The first kappa shape index (κ1) is 16.1. The summed E-state index contributed by atoms with van der Waals surface area (Å²) in [6.07, 6.45) is 3.70. The van der Waals surface area contributed by atoms with Crippen molar-refractivity contribution in [1.82, 2.24) is 0 Å². The largest absolute Gasteiger partial charge is 0.491 e. The van der Waals surface area contributed by atoms with Gasteiger partial charge in [0.1, 0.15) is 5.75 Å². The Balaban J connectivity index is 3.09. The van der Waals surface area contributed by atoms with Crippen LogP contribution in [0.2, 0.25) is 0 Å². The number of carboxylic acid groups (broad SMARTS) is 1. The summed E-state index contributed by atoms with van der Waals surface area (Å²) >= 11 is 0. The Morgan fingerprint density at radius 2 is 2.00 bits per heavy atom. The van der Waals surface area contributed by atoms with Crippen molar-refractivity contribution < 1.29 is 14.6 Å². The SMILES string of the molecule is CCCOc1ccc(/C=C/C(=O)O)cc1N(CC)CC. The Labute approximate surface area is 120 Å². The lowest BCUT2D eigenvalue weighted by Crippen LogP contribution is -2.22. The highest BCUT2D eigenvalue weighted by Crippen LogP contribution is 2.30.